The van der Waals surface area contributed by atoms with Gasteiger partial charge in [0.15, 0.2) is 0 Å². The summed E-state index contributed by atoms with van der Waals surface area (Å²) < 4.78 is 5.01. The van der Waals surface area contributed by atoms with Gasteiger partial charge in [-0.3, -0.25) is 4.90 Å². The molecule has 0 aromatic rings. The summed E-state index contributed by atoms with van der Waals surface area (Å²) in [6, 6.07) is 0. The van der Waals surface area contributed by atoms with Gasteiger partial charge in [-0.2, -0.15) is 0 Å². The Morgan fingerprint density at radius 2 is 1.93 bits per heavy atom. The van der Waals surface area contributed by atoms with Crippen molar-refractivity contribution < 1.29 is 9.84 Å². The molecule has 0 spiro atoms. The quantitative estimate of drug-likeness (QED) is 0.684. The van der Waals surface area contributed by atoms with Crippen molar-refractivity contribution in [1.29, 1.82) is 0 Å². The van der Waals surface area contributed by atoms with Gasteiger partial charge >= 0.3 is 0 Å². The van der Waals surface area contributed by atoms with E-state index in [2.05, 4.69) is 18.7 Å². The Morgan fingerprint density at radius 3 is 2.47 bits per heavy atom. The Kier molecular flexibility index (Phi) is 5.03. The minimum Gasteiger partial charge on any atom is -0.391 e. The molecule has 1 saturated heterocycles. The van der Waals surface area contributed by atoms with Crippen molar-refractivity contribution in [2.75, 3.05) is 26.8 Å². The number of aliphatic hydroxyl groups is 1. The van der Waals surface area contributed by atoms with E-state index in [1.165, 1.54) is 12.8 Å². The first-order valence-electron chi connectivity index (χ1n) is 6.01. The smallest absolute Gasteiger partial charge is 0.0719 e. The zero-order valence-electron chi connectivity index (χ0n) is 10.3. The highest BCUT2D eigenvalue weighted by atomic mass is 16.5. The van der Waals surface area contributed by atoms with Gasteiger partial charge in [0.25, 0.3) is 0 Å². The third kappa shape index (κ3) is 3.44. The molecule has 0 aromatic heterocycles. The van der Waals surface area contributed by atoms with Crippen molar-refractivity contribution in [2.24, 2.45) is 0 Å². The first-order chi connectivity index (χ1) is 7.09. The average molecular weight is 215 g/mol. The van der Waals surface area contributed by atoms with Crippen molar-refractivity contribution in [3.05, 3.63) is 0 Å². The molecule has 15 heavy (non-hydrogen) atoms. The standard InChI is InChI=1S/C12H25NO2/c1-12(2,13-8-4-5-9-13)11(14)7-6-10-15-3/h11,14H,4-10H2,1-3H3. The molecule has 3 nitrogen and oxygen atoms in total. The highest BCUT2D eigenvalue weighted by Crippen LogP contribution is 2.26. The van der Waals surface area contributed by atoms with E-state index in [9.17, 15) is 5.11 Å². The van der Waals surface area contributed by atoms with Crippen LogP contribution in [0.2, 0.25) is 0 Å². The number of aliphatic hydroxyl groups excluding tert-OH is 1. The molecule has 0 aromatic carbocycles. The van der Waals surface area contributed by atoms with E-state index in [1.54, 1.807) is 7.11 Å². The predicted molar refractivity (Wildman–Crippen MR) is 62.0 cm³/mol. The predicted octanol–water partition coefficient (Wildman–Crippen LogP) is 1.65. The minimum absolute atomic E-state index is 0.0791. The van der Waals surface area contributed by atoms with E-state index in [-0.39, 0.29) is 11.6 Å². The highest BCUT2D eigenvalue weighted by molar-refractivity contribution is 4.90. The van der Waals surface area contributed by atoms with Crippen LogP contribution < -0.4 is 0 Å². The summed E-state index contributed by atoms with van der Waals surface area (Å²) in [4.78, 5) is 2.41. The maximum atomic E-state index is 10.2. The summed E-state index contributed by atoms with van der Waals surface area (Å²) in [5.74, 6) is 0. The summed E-state index contributed by atoms with van der Waals surface area (Å²) in [6.07, 6.45) is 4.07. The summed E-state index contributed by atoms with van der Waals surface area (Å²) in [5, 5.41) is 10.2. The van der Waals surface area contributed by atoms with Crippen LogP contribution in [0.15, 0.2) is 0 Å². The van der Waals surface area contributed by atoms with Crippen LogP contribution in [0, 0.1) is 0 Å². The molecule has 3 heteroatoms. The van der Waals surface area contributed by atoms with Crippen LogP contribution in [-0.2, 0) is 4.74 Å². The molecule has 90 valence electrons. The van der Waals surface area contributed by atoms with Gasteiger partial charge in [0.1, 0.15) is 0 Å². The molecule has 0 bridgehead atoms. The van der Waals surface area contributed by atoms with Crippen LogP contribution in [0.4, 0.5) is 0 Å². The fourth-order valence-corrected chi connectivity index (χ4v) is 2.28. The van der Waals surface area contributed by atoms with Gasteiger partial charge in [0.05, 0.1) is 6.10 Å². The van der Waals surface area contributed by atoms with Crippen molar-refractivity contribution in [3.63, 3.8) is 0 Å². The minimum atomic E-state index is -0.245. The molecule has 1 aliphatic heterocycles. The van der Waals surface area contributed by atoms with Gasteiger partial charge in [-0.15, -0.1) is 0 Å². The number of likely N-dealkylation sites (tertiary alicyclic amines) is 1. The molecule has 1 unspecified atom stereocenters. The monoisotopic (exact) mass is 215 g/mol. The second-order valence-electron chi connectivity index (χ2n) is 5.00. The Hall–Kier alpha value is -0.120. The normalized spacial score (nSPS) is 20.8. The zero-order chi connectivity index (χ0) is 11.3. The highest BCUT2D eigenvalue weighted by Gasteiger charge is 2.35. The third-order valence-electron chi connectivity index (χ3n) is 3.56. The molecule has 1 aliphatic rings. The van der Waals surface area contributed by atoms with Gasteiger partial charge in [0, 0.05) is 19.3 Å². The largest absolute Gasteiger partial charge is 0.391 e. The molecule has 1 N–H and O–H groups in total. The molecule has 1 rings (SSSR count). The molecule has 0 aliphatic carbocycles. The van der Waals surface area contributed by atoms with Crippen LogP contribution in [-0.4, -0.2) is 48.5 Å². The van der Waals surface area contributed by atoms with Crippen LogP contribution in [0.25, 0.3) is 0 Å². The van der Waals surface area contributed by atoms with Gasteiger partial charge in [-0.1, -0.05) is 0 Å². The maximum absolute atomic E-state index is 10.2. The van der Waals surface area contributed by atoms with E-state index in [0.717, 1.165) is 32.5 Å². The summed E-state index contributed by atoms with van der Waals surface area (Å²) >= 11 is 0. The van der Waals surface area contributed by atoms with Gasteiger partial charge in [-0.25, -0.2) is 0 Å². The lowest BCUT2D eigenvalue weighted by Gasteiger charge is -2.39. The number of hydrogen-bond acceptors (Lipinski definition) is 3. The number of methoxy groups -OCH3 is 1. The second-order valence-corrected chi connectivity index (χ2v) is 5.00. The average Bonchev–Trinajstić information content (AvgIpc) is 2.71. The van der Waals surface area contributed by atoms with Crippen LogP contribution in [0.1, 0.15) is 39.5 Å². The summed E-state index contributed by atoms with van der Waals surface area (Å²) in [5.41, 5.74) is -0.0791. The first-order valence-corrected chi connectivity index (χ1v) is 6.01. The molecule has 0 radical (unpaired) electrons. The van der Waals surface area contributed by atoms with Crippen molar-refractivity contribution in [3.8, 4) is 0 Å². The maximum Gasteiger partial charge on any atom is 0.0719 e. The van der Waals surface area contributed by atoms with Crippen molar-refractivity contribution in [2.45, 2.75) is 51.2 Å². The molecular formula is C12H25NO2. The SMILES string of the molecule is COCCCC(O)C(C)(C)N1CCCC1. The molecule has 0 saturated carbocycles. The molecule has 1 fully saturated rings. The molecule has 1 heterocycles. The lowest BCUT2D eigenvalue weighted by Crippen LogP contribution is -2.51. The Morgan fingerprint density at radius 1 is 1.33 bits per heavy atom. The second kappa shape index (κ2) is 5.83. The van der Waals surface area contributed by atoms with E-state index < -0.39 is 0 Å². The Balaban J connectivity index is 2.37. The van der Waals surface area contributed by atoms with Crippen molar-refractivity contribution in [1.82, 2.24) is 4.90 Å². The fraction of sp³-hybridized carbons (Fsp3) is 1.00. The molecular weight excluding hydrogens is 190 g/mol. The number of nitrogens with zero attached hydrogens (tertiary/aromatic N) is 1. The van der Waals surface area contributed by atoms with Crippen LogP contribution in [0.5, 0.6) is 0 Å². The van der Waals surface area contributed by atoms with E-state index >= 15 is 0 Å². The first kappa shape index (κ1) is 12.9. The lowest BCUT2D eigenvalue weighted by atomic mass is 9.92. The van der Waals surface area contributed by atoms with E-state index in [4.69, 9.17) is 4.74 Å². The number of hydrogen-bond donors (Lipinski definition) is 1. The third-order valence-corrected chi connectivity index (χ3v) is 3.56. The topological polar surface area (TPSA) is 32.7 Å². The fourth-order valence-electron chi connectivity index (χ4n) is 2.28. The van der Waals surface area contributed by atoms with Gasteiger partial charge in [0.2, 0.25) is 0 Å². The molecule has 1 atom stereocenters. The number of ether oxygens (including phenoxy) is 1. The summed E-state index contributed by atoms with van der Waals surface area (Å²) in [7, 11) is 1.71. The van der Waals surface area contributed by atoms with E-state index in [0.29, 0.717) is 0 Å². The van der Waals surface area contributed by atoms with Crippen molar-refractivity contribution >= 4 is 0 Å². The number of rotatable bonds is 6. The molecule has 0 amide bonds. The Bertz CT molecular complexity index is 176. The van der Waals surface area contributed by atoms with Gasteiger partial charge in [-0.05, 0) is 52.6 Å². The lowest BCUT2D eigenvalue weighted by molar-refractivity contribution is -0.00610. The van der Waals surface area contributed by atoms with Crippen LogP contribution >= 0.6 is 0 Å². The zero-order valence-corrected chi connectivity index (χ0v) is 10.3. The van der Waals surface area contributed by atoms with Crippen LogP contribution in [0.3, 0.4) is 0 Å². The Labute approximate surface area is 93.4 Å². The van der Waals surface area contributed by atoms with Gasteiger partial charge < -0.3 is 9.84 Å². The van der Waals surface area contributed by atoms with E-state index in [1.807, 2.05) is 0 Å². The summed E-state index contributed by atoms with van der Waals surface area (Å²) in [6.45, 7) is 7.31.